The van der Waals surface area contributed by atoms with Crippen LogP contribution in [0.25, 0.3) is 10.6 Å². The van der Waals surface area contributed by atoms with E-state index in [0.29, 0.717) is 21.6 Å². The zero-order chi connectivity index (χ0) is 22.6. The molecule has 1 amide bonds. The second-order valence-corrected chi connectivity index (χ2v) is 9.79. The van der Waals surface area contributed by atoms with Gasteiger partial charge in [0.15, 0.2) is 0 Å². The summed E-state index contributed by atoms with van der Waals surface area (Å²) >= 11 is 1.23. The van der Waals surface area contributed by atoms with Gasteiger partial charge in [-0.1, -0.05) is 54.2 Å². The maximum absolute atomic E-state index is 13.0. The molecule has 0 unspecified atom stereocenters. The fraction of sp³-hybridized carbons (Fsp3) is 0.286. The number of aromatic nitrogens is 2. The highest BCUT2D eigenvalue weighted by Crippen LogP contribution is 2.29. The van der Waals surface area contributed by atoms with Crippen molar-refractivity contribution in [1.29, 1.82) is 0 Å². The first-order valence-electron chi connectivity index (χ1n) is 9.57. The summed E-state index contributed by atoms with van der Waals surface area (Å²) < 4.78 is 31.5. The monoisotopic (exact) mass is 460 g/mol. The molecule has 3 rings (SSSR count). The molecule has 2 aromatic carbocycles. The van der Waals surface area contributed by atoms with E-state index in [-0.39, 0.29) is 6.42 Å². The van der Waals surface area contributed by atoms with Crippen LogP contribution < -0.4 is 14.4 Å². The number of carbonyl (C=O) groups is 1. The van der Waals surface area contributed by atoms with Gasteiger partial charge in [-0.3, -0.25) is 14.4 Å². The van der Waals surface area contributed by atoms with Gasteiger partial charge in [-0.25, -0.2) is 8.42 Å². The third kappa shape index (κ3) is 5.39. The number of nitrogens with one attached hydrogen (secondary N) is 1. The molecule has 0 bridgehead atoms. The van der Waals surface area contributed by atoms with E-state index >= 15 is 0 Å². The number of nitrogens with zero attached hydrogens (tertiary/aromatic N) is 3. The van der Waals surface area contributed by atoms with Crippen LogP contribution in [-0.4, -0.2) is 43.9 Å². The molecule has 0 saturated heterocycles. The van der Waals surface area contributed by atoms with Gasteiger partial charge >= 0.3 is 0 Å². The molecule has 1 heterocycles. The largest absolute Gasteiger partial charge is 0.497 e. The number of hydrogen-bond donors (Lipinski definition) is 1. The van der Waals surface area contributed by atoms with Gasteiger partial charge in [0, 0.05) is 11.6 Å². The highest BCUT2D eigenvalue weighted by molar-refractivity contribution is 7.92. The summed E-state index contributed by atoms with van der Waals surface area (Å²) in [5.74, 6) is 0.00984. The van der Waals surface area contributed by atoms with Gasteiger partial charge in [0.25, 0.3) is 0 Å². The summed E-state index contributed by atoms with van der Waals surface area (Å²) in [6.45, 7) is 3.75. The fourth-order valence-electron chi connectivity index (χ4n) is 3.08. The van der Waals surface area contributed by atoms with Crippen molar-refractivity contribution in [3.8, 4) is 16.3 Å². The minimum Gasteiger partial charge on any atom is -0.497 e. The summed E-state index contributed by atoms with van der Waals surface area (Å²) in [7, 11) is -2.25. The summed E-state index contributed by atoms with van der Waals surface area (Å²) in [5.41, 5.74) is 2.37. The van der Waals surface area contributed by atoms with E-state index < -0.39 is 22.0 Å². The van der Waals surface area contributed by atoms with Crippen LogP contribution in [0.1, 0.15) is 18.9 Å². The summed E-state index contributed by atoms with van der Waals surface area (Å²) in [6, 6.07) is 13.4. The highest BCUT2D eigenvalue weighted by Gasteiger charge is 2.32. The normalized spacial score (nSPS) is 12.3. The number of benzene rings is 2. The Balaban J connectivity index is 1.86. The van der Waals surface area contributed by atoms with Gasteiger partial charge in [-0.15, -0.1) is 10.2 Å². The number of anilines is 2. The number of methoxy groups -OCH3 is 1. The van der Waals surface area contributed by atoms with Crippen LogP contribution in [-0.2, 0) is 14.8 Å². The van der Waals surface area contributed by atoms with Crippen LogP contribution >= 0.6 is 11.3 Å². The molecule has 0 aliphatic heterocycles. The third-order valence-corrected chi connectivity index (χ3v) is 6.66. The standard InChI is InChI=1S/C21H24N4O4S2/c1-5-18(25(31(4,27)28)16-7-6-8-17(13-16)29-3)19(26)22-21-24-23-20(30-21)15-11-9-14(2)10-12-15/h6-13,18H,5H2,1-4H3,(H,22,24,26)/t18-/m0/s1. The summed E-state index contributed by atoms with van der Waals surface area (Å²) in [6.07, 6.45) is 1.34. The second-order valence-electron chi connectivity index (χ2n) is 6.95. The Kier molecular flexibility index (Phi) is 6.91. The minimum absolute atomic E-state index is 0.264. The lowest BCUT2D eigenvalue weighted by molar-refractivity contribution is -0.117. The molecule has 0 radical (unpaired) electrons. The first kappa shape index (κ1) is 22.7. The van der Waals surface area contributed by atoms with Crippen molar-refractivity contribution in [2.24, 2.45) is 0 Å². The lowest BCUT2D eigenvalue weighted by Gasteiger charge is -2.29. The van der Waals surface area contributed by atoms with E-state index in [2.05, 4.69) is 15.5 Å². The van der Waals surface area contributed by atoms with E-state index in [1.807, 2.05) is 31.2 Å². The zero-order valence-electron chi connectivity index (χ0n) is 17.7. The molecule has 8 nitrogen and oxygen atoms in total. The topological polar surface area (TPSA) is 101 Å². The zero-order valence-corrected chi connectivity index (χ0v) is 19.3. The van der Waals surface area contributed by atoms with Crippen LogP contribution in [0.15, 0.2) is 48.5 Å². The van der Waals surface area contributed by atoms with E-state index in [1.54, 1.807) is 31.2 Å². The molecule has 164 valence electrons. The van der Waals surface area contributed by atoms with Gasteiger partial charge in [0.1, 0.15) is 16.8 Å². The van der Waals surface area contributed by atoms with E-state index in [0.717, 1.165) is 21.7 Å². The first-order valence-corrected chi connectivity index (χ1v) is 12.2. The number of carbonyl (C=O) groups excluding carboxylic acids is 1. The fourth-order valence-corrected chi connectivity index (χ4v) is 5.04. The maximum atomic E-state index is 13.0. The molecule has 0 aliphatic carbocycles. The smallest absolute Gasteiger partial charge is 0.250 e. The molecule has 31 heavy (non-hydrogen) atoms. The van der Waals surface area contributed by atoms with Crippen molar-refractivity contribution in [1.82, 2.24) is 10.2 Å². The second kappa shape index (κ2) is 9.44. The average molecular weight is 461 g/mol. The molecule has 10 heteroatoms. The van der Waals surface area contributed by atoms with E-state index in [9.17, 15) is 13.2 Å². The Bertz CT molecular complexity index is 1160. The number of amides is 1. The Labute approximate surface area is 185 Å². The van der Waals surface area contributed by atoms with Gasteiger partial charge in [0.2, 0.25) is 21.1 Å². The number of aryl methyl sites for hydroxylation is 1. The van der Waals surface area contributed by atoms with Crippen LogP contribution in [0.2, 0.25) is 0 Å². The van der Waals surface area contributed by atoms with Crippen molar-refractivity contribution >= 4 is 38.1 Å². The molecule has 0 spiro atoms. The number of ether oxygens (including phenoxy) is 1. The summed E-state index contributed by atoms with van der Waals surface area (Å²) in [5, 5.41) is 11.9. The Morgan fingerprint density at radius 1 is 1.19 bits per heavy atom. The Hall–Kier alpha value is -2.98. The Morgan fingerprint density at radius 2 is 1.90 bits per heavy atom. The molecule has 0 aliphatic rings. The first-order chi connectivity index (χ1) is 14.7. The molecule has 1 aromatic heterocycles. The van der Waals surface area contributed by atoms with Crippen LogP contribution in [0.5, 0.6) is 5.75 Å². The molecule has 1 N–H and O–H groups in total. The van der Waals surface area contributed by atoms with E-state index in [1.165, 1.54) is 18.4 Å². The lowest BCUT2D eigenvalue weighted by Crippen LogP contribution is -2.47. The lowest BCUT2D eigenvalue weighted by atomic mass is 10.2. The van der Waals surface area contributed by atoms with Gasteiger partial charge in [0.05, 0.1) is 19.1 Å². The summed E-state index contributed by atoms with van der Waals surface area (Å²) in [4.78, 5) is 13.0. The molecule has 0 fully saturated rings. The molecule has 3 aromatic rings. The van der Waals surface area contributed by atoms with Crippen molar-refractivity contribution in [3.63, 3.8) is 0 Å². The minimum atomic E-state index is -3.75. The number of sulfonamides is 1. The van der Waals surface area contributed by atoms with Gasteiger partial charge in [-0.05, 0) is 25.5 Å². The third-order valence-electron chi connectivity index (χ3n) is 4.59. The average Bonchev–Trinajstić information content (AvgIpc) is 3.19. The maximum Gasteiger partial charge on any atom is 0.250 e. The molecular weight excluding hydrogens is 436 g/mol. The van der Waals surface area contributed by atoms with Crippen LogP contribution in [0.4, 0.5) is 10.8 Å². The van der Waals surface area contributed by atoms with Crippen molar-refractivity contribution in [3.05, 3.63) is 54.1 Å². The predicted octanol–water partition coefficient (Wildman–Crippen LogP) is 3.71. The van der Waals surface area contributed by atoms with Gasteiger partial charge in [-0.2, -0.15) is 0 Å². The molecule has 0 saturated carbocycles. The number of hydrogen-bond acceptors (Lipinski definition) is 7. The molecular formula is C21H24N4O4S2. The SMILES string of the molecule is CC[C@@H](C(=O)Nc1nnc(-c2ccc(C)cc2)s1)N(c1cccc(OC)c1)S(C)(=O)=O. The molecule has 1 atom stereocenters. The van der Waals surface area contributed by atoms with Gasteiger partial charge < -0.3 is 4.74 Å². The van der Waals surface area contributed by atoms with Crippen molar-refractivity contribution in [2.75, 3.05) is 23.0 Å². The highest BCUT2D eigenvalue weighted by atomic mass is 32.2. The van der Waals surface area contributed by atoms with Crippen LogP contribution in [0.3, 0.4) is 0 Å². The van der Waals surface area contributed by atoms with E-state index in [4.69, 9.17) is 4.74 Å². The number of rotatable bonds is 8. The van der Waals surface area contributed by atoms with Crippen molar-refractivity contribution in [2.45, 2.75) is 26.3 Å². The van der Waals surface area contributed by atoms with Crippen LogP contribution in [0, 0.1) is 6.92 Å². The van der Waals surface area contributed by atoms with Crippen molar-refractivity contribution < 1.29 is 17.9 Å². The Morgan fingerprint density at radius 3 is 2.52 bits per heavy atom. The quantitative estimate of drug-likeness (QED) is 0.550. The predicted molar refractivity (Wildman–Crippen MR) is 123 cm³/mol.